The number of hydrogen-bond acceptors (Lipinski definition) is 3. The Morgan fingerprint density at radius 2 is 2.00 bits per heavy atom. The number of nitrogens with one attached hydrogen (secondary N) is 2. The summed E-state index contributed by atoms with van der Waals surface area (Å²) in [5.74, 6) is 0.580. The van der Waals surface area contributed by atoms with Gasteiger partial charge in [-0.1, -0.05) is 18.2 Å². The highest BCUT2D eigenvalue weighted by Crippen LogP contribution is 2.13. The molecule has 0 spiro atoms. The molecule has 2 N–H and O–H groups in total. The van der Waals surface area contributed by atoms with E-state index in [0.717, 1.165) is 10.6 Å². The van der Waals surface area contributed by atoms with Gasteiger partial charge in [-0.05, 0) is 36.7 Å². The summed E-state index contributed by atoms with van der Waals surface area (Å²) in [6, 6.07) is 10.8. The number of hydrogen-bond donors (Lipinski definition) is 2. The van der Waals surface area contributed by atoms with Crippen molar-refractivity contribution in [1.29, 1.82) is 0 Å². The first-order valence-electron chi connectivity index (χ1n) is 4.80. The van der Waals surface area contributed by atoms with Crippen LogP contribution in [0.3, 0.4) is 0 Å². The molecule has 0 saturated carbocycles. The molecule has 1 aromatic heterocycles. The third kappa shape index (κ3) is 2.80. The Kier molecular flexibility index (Phi) is 3.16. The first kappa shape index (κ1) is 10.6. The molecule has 1 heterocycles. The van der Waals surface area contributed by atoms with Gasteiger partial charge in [0.25, 0.3) is 0 Å². The van der Waals surface area contributed by atoms with E-state index in [0.29, 0.717) is 5.82 Å². The average molecular weight is 233 g/mol. The molecular formula is C11H11N3OS. The van der Waals surface area contributed by atoms with Crippen LogP contribution in [0.4, 0.5) is 16.3 Å². The van der Waals surface area contributed by atoms with E-state index in [4.69, 9.17) is 0 Å². The second kappa shape index (κ2) is 4.76. The number of urea groups is 1. The lowest BCUT2D eigenvalue weighted by Gasteiger charge is -2.04. The van der Waals surface area contributed by atoms with E-state index < -0.39 is 0 Å². The zero-order valence-electron chi connectivity index (χ0n) is 8.73. The number of amides is 2. The quantitative estimate of drug-likeness (QED) is 0.837. The van der Waals surface area contributed by atoms with Crippen molar-refractivity contribution in [2.24, 2.45) is 0 Å². The van der Waals surface area contributed by atoms with Gasteiger partial charge in [-0.25, -0.2) is 4.79 Å². The molecule has 0 aliphatic carbocycles. The number of aryl methyl sites for hydroxylation is 1. The van der Waals surface area contributed by atoms with E-state index in [2.05, 4.69) is 15.0 Å². The molecule has 0 saturated heterocycles. The second-order valence-electron chi connectivity index (χ2n) is 3.27. The van der Waals surface area contributed by atoms with Crippen molar-refractivity contribution in [1.82, 2.24) is 4.37 Å². The third-order valence-corrected chi connectivity index (χ3v) is 2.60. The lowest BCUT2D eigenvalue weighted by Crippen LogP contribution is -2.19. The van der Waals surface area contributed by atoms with Crippen molar-refractivity contribution in [3.63, 3.8) is 0 Å². The van der Waals surface area contributed by atoms with Crippen molar-refractivity contribution in [2.45, 2.75) is 6.92 Å². The average Bonchev–Trinajstić information content (AvgIpc) is 2.65. The summed E-state index contributed by atoms with van der Waals surface area (Å²) in [5, 5.41) is 5.37. The molecule has 0 fully saturated rings. The molecule has 5 heteroatoms. The Hall–Kier alpha value is -1.88. The third-order valence-electron chi connectivity index (χ3n) is 1.90. The van der Waals surface area contributed by atoms with Crippen LogP contribution in [0.15, 0.2) is 36.4 Å². The molecule has 0 bridgehead atoms. The van der Waals surface area contributed by atoms with Gasteiger partial charge >= 0.3 is 6.03 Å². The Bertz CT molecular complexity index is 481. The molecule has 1 aromatic carbocycles. The SMILES string of the molecule is Cc1cc(NC(=O)Nc2ccccc2)ns1. The van der Waals surface area contributed by atoms with Crippen LogP contribution in [0.1, 0.15) is 4.88 Å². The van der Waals surface area contributed by atoms with Crippen LogP contribution < -0.4 is 10.6 Å². The van der Waals surface area contributed by atoms with Crippen molar-refractivity contribution in [2.75, 3.05) is 10.6 Å². The maximum Gasteiger partial charge on any atom is 0.324 e. The summed E-state index contributed by atoms with van der Waals surface area (Å²) >= 11 is 1.36. The van der Waals surface area contributed by atoms with E-state index in [1.165, 1.54) is 11.5 Å². The first-order valence-corrected chi connectivity index (χ1v) is 5.58. The van der Waals surface area contributed by atoms with Crippen molar-refractivity contribution in [3.05, 3.63) is 41.3 Å². The molecule has 0 atom stereocenters. The standard InChI is InChI=1S/C11H11N3OS/c1-8-7-10(14-16-8)13-11(15)12-9-5-3-2-4-6-9/h2-7H,1H3,(H2,12,13,14,15). The lowest BCUT2D eigenvalue weighted by molar-refractivity contribution is 0.262. The zero-order valence-corrected chi connectivity index (χ0v) is 9.54. The highest BCUT2D eigenvalue weighted by molar-refractivity contribution is 7.06. The Balaban J connectivity index is 1.95. The zero-order chi connectivity index (χ0) is 11.4. The normalized spacial score (nSPS) is 9.81. The number of para-hydroxylation sites is 1. The van der Waals surface area contributed by atoms with Gasteiger partial charge in [0.05, 0.1) is 0 Å². The topological polar surface area (TPSA) is 54.0 Å². The van der Waals surface area contributed by atoms with Crippen LogP contribution in [0, 0.1) is 6.92 Å². The van der Waals surface area contributed by atoms with Crippen LogP contribution in [0.2, 0.25) is 0 Å². The number of carbonyl (C=O) groups is 1. The van der Waals surface area contributed by atoms with E-state index in [1.54, 1.807) is 0 Å². The van der Waals surface area contributed by atoms with Gasteiger partial charge in [-0.2, -0.15) is 4.37 Å². The molecule has 16 heavy (non-hydrogen) atoms. The van der Waals surface area contributed by atoms with Gasteiger partial charge in [-0.15, -0.1) is 0 Å². The van der Waals surface area contributed by atoms with Gasteiger partial charge in [-0.3, -0.25) is 5.32 Å². The molecule has 0 aliphatic rings. The van der Waals surface area contributed by atoms with E-state index in [-0.39, 0.29) is 6.03 Å². The minimum atomic E-state index is -0.281. The minimum absolute atomic E-state index is 0.281. The summed E-state index contributed by atoms with van der Waals surface area (Å²) in [4.78, 5) is 12.6. The molecule has 2 rings (SSSR count). The van der Waals surface area contributed by atoms with Crippen molar-refractivity contribution < 1.29 is 4.79 Å². The predicted octanol–water partition coefficient (Wildman–Crippen LogP) is 3.10. The minimum Gasteiger partial charge on any atom is -0.308 e. The van der Waals surface area contributed by atoms with Crippen molar-refractivity contribution in [3.8, 4) is 0 Å². The summed E-state index contributed by atoms with van der Waals surface area (Å²) in [7, 11) is 0. The van der Waals surface area contributed by atoms with Crippen LogP contribution in [0.5, 0.6) is 0 Å². The number of anilines is 2. The van der Waals surface area contributed by atoms with Gasteiger partial charge in [0.1, 0.15) is 5.82 Å². The van der Waals surface area contributed by atoms with Gasteiger partial charge < -0.3 is 5.32 Å². The Labute approximate surface area is 97.5 Å². The van der Waals surface area contributed by atoms with Gasteiger partial charge in [0.15, 0.2) is 0 Å². The van der Waals surface area contributed by atoms with Crippen LogP contribution in [0.25, 0.3) is 0 Å². The fourth-order valence-electron chi connectivity index (χ4n) is 1.23. The molecule has 4 nitrogen and oxygen atoms in total. The monoisotopic (exact) mass is 233 g/mol. The number of benzene rings is 1. The highest BCUT2D eigenvalue weighted by Gasteiger charge is 2.04. The Morgan fingerprint density at radius 1 is 1.25 bits per heavy atom. The van der Waals surface area contributed by atoms with E-state index in [9.17, 15) is 4.79 Å². The molecule has 0 aliphatic heterocycles. The summed E-state index contributed by atoms with van der Waals surface area (Å²) in [5.41, 5.74) is 0.756. The smallest absolute Gasteiger partial charge is 0.308 e. The molecular weight excluding hydrogens is 222 g/mol. The summed E-state index contributed by atoms with van der Waals surface area (Å²) < 4.78 is 4.07. The van der Waals surface area contributed by atoms with Gasteiger partial charge in [0.2, 0.25) is 0 Å². The molecule has 82 valence electrons. The highest BCUT2D eigenvalue weighted by atomic mass is 32.1. The van der Waals surface area contributed by atoms with Gasteiger partial charge in [0, 0.05) is 10.6 Å². The largest absolute Gasteiger partial charge is 0.324 e. The number of carbonyl (C=O) groups excluding carboxylic acids is 1. The van der Waals surface area contributed by atoms with E-state index in [1.807, 2.05) is 43.3 Å². The van der Waals surface area contributed by atoms with E-state index >= 15 is 0 Å². The summed E-state index contributed by atoms with van der Waals surface area (Å²) in [6.07, 6.45) is 0. The lowest BCUT2D eigenvalue weighted by atomic mass is 10.3. The van der Waals surface area contributed by atoms with Crippen LogP contribution in [-0.4, -0.2) is 10.4 Å². The molecule has 0 unspecified atom stereocenters. The first-order chi connectivity index (χ1) is 7.74. The number of rotatable bonds is 2. The number of nitrogens with zero attached hydrogens (tertiary/aromatic N) is 1. The summed E-state index contributed by atoms with van der Waals surface area (Å²) in [6.45, 7) is 1.94. The maximum atomic E-state index is 11.5. The van der Waals surface area contributed by atoms with Crippen LogP contribution >= 0.6 is 11.5 Å². The predicted molar refractivity (Wildman–Crippen MR) is 65.9 cm³/mol. The second-order valence-corrected chi connectivity index (χ2v) is 4.28. The maximum absolute atomic E-state index is 11.5. The fraction of sp³-hybridized carbons (Fsp3) is 0.0909. The molecule has 2 aromatic rings. The fourth-order valence-corrected chi connectivity index (χ4v) is 1.73. The Morgan fingerprint density at radius 3 is 2.62 bits per heavy atom. The number of aromatic nitrogens is 1. The molecule has 0 radical (unpaired) electrons. The van der Waals surface area contributed by atoms with Crippen molar-refractivity contribution >= 4 is 29.1 Å². The molecule has 2 amide bonds. The van der Waals surface area contributed by atoms with Crippen LogP contribution in [-0.2, 0) is 0 Å².